The van der Waals surface area contributed by atoms with Crippen LogP contribution in [0.4, 0.5) is 5.69 Å². The van der Waals surface area contributed by atoms with Crippen LogP contribution in [-0.4, -0.2) is 5.97 Å². The van der Waals surface area contributed by atoms with Crippen molar-refractivity contribution in [3.63, 3.8) is 0 Å². The van der Waals surface area contributed by atoms with E-state index in [0.29, 0.717) is 0 Å². The molecule has 5 heteroatoms. The van der Waals surface area contributed by atoms with Crippen molar-refractivity contribution in [1.82, 2.24) is 0 Å². The first-order chi connectivity index (χ1) is 9.49. The summed E-state index contributed by atoms with van der Waals surface area (Å²) in [6, 6.07) is 10.6. The van der Waals surface area contributed by atoms with Crippen LogP contribution in [0.1, 0.15) is 21.5 Å². The van der Waals surface area contributed by atoms with Crippen LogP contribution < -0.4 is 5.73 Å². The summed E-state index contributed by atoms with van der Waals surface area (Å²) in [6.07, 6.45) is 0. The average Bonchev–Trinajstić information content (AvgIpc) is 2.43. The van der Waals surface area contributed by atoms with Gasteiger partial charge in [0.2, 0.25) is 0 Å². The van der Waals surface area contributed by atoms with E-state index in [1.807, 2.05) is 31.2 Å². The highest BCUT2D eigenvalue weighted by molar-refractivity contribution is 6.43. The van der Waals surface area contributed by atoms with Crippen LogP contribution >= 0.6 is 23.2 Å². The fourth-order valence-corrected chi connectivity index (χ4v) is 2.06. The summed E-state index contributed by atoms with van der Waals surface area (Å²) in [5.74, 6) is -0.487. The Bertz CT molecular complexity index is 633. The zero-order valence-corrected chi connectivity index (χ0v) is 12.3. The number of hydrogen-bond acceptors (Lipinski definition) is 3. The molecule has 104 valence electrons. The zero-order valence-electron chi connectivity index (χ0n) is 10.8. The normalized spacial score (nSPS) is 10.3. The van der Waals surface area contributed by atoms with E-state index in [1.165, 1.54) is 12.1 Å². The first-order valence-corrected chi connectivity index (χ1v) is 6.71. The fraction of sp³-hybridized carbons (Fsp3) is 0.133. The van der Waals surface area contributed by atoms with Gasteiger partial charge in [-0.3, -0.25) is 0 Å². The van der Waals surface area contributed by atoms with E-state index < -0.39 is 5.97 Å². The molecule has 0 aliphatic rings. The molecule has 2 aromatic rings. The summed E-state index contributed by atoms with van der Waals surface area (Å²) in [6.45, 7) is 2.16. The number of anilines is 1. The summed E-state index contributed by atoms with van der Waals surface area (Å²) in [5.41, 5.74) is 8.22. The van der Waals surface area contributed by atoms with Crippen molar-refractivity contribution in [3.05, 3.63) is 63.1 Å². The molecule has 0 atom stereocenters. The van der Waals surface area contributed by atoms with E-state index in [0.717, 1.165) is 11.1 Å². The average molecular weight is 310 g/mol. The summed E-state index contributed by atoms with van der Waals surface area (Å²) < 4.78 is 5.25. The van der Waals surface area contributed by atoms with Crippen LogP contribution in [-0.2, 0) is 11.3 Å². The van der Waals surface area contributed by atoms with Gasteiger partial charge in [-0.25, -0.2) is 4.79 Å². The quantitative estimate of drug-likeness (QED) is 0.681. The maximum absolute atomic E-state index is 12.0. The second-order valence-electron chi connectivity index (χ2n) is 4.36. The van der Waals surface area contributed by atoms with Gasteiger partial charge in [-0.2, -0.15) is 0 Å². The predicted molar refractivity (Wildman–Crippen MR) is 81.2 cm³/mol. The Hall–Kier alpha value is -1.71. The number of esters is 1. The van der Waals surface area contributed by atoms with Gasteiger partial charge in [-0.1, -0.05) is 47.5 Å². The molecule has 0 saturated heterocycles. The molecule has 0 unspecified atom stereocenters. The lowest BCUT2D eigenvalue weighted by Crippen LogP contribution is -2.07. The van der Waals surface area contributed by atoms with Crippen molar-refractivity contribution in [3.8, 4) is 0 Å². The molecule has 0 amide bonds. The molecule has 0 spiro atoms. The number of halogens is 2. The van der Waals surface area contributed by atoms with Crippen molar-refractivity contribution >= 4 is 34.9 Å². The molecule has 0 bridgehead atoms. The number of hydrogen-bond donors (Lipinski definition) is 1. The largest absolute Gasteiger partial charge is 0.457 e. The second-order valence-corrected chi connectivity index (χ2v) is 5.15. The lowest BCUT2D eigenvalue weighted by Gasteiger charge is -2.09. The van der Waals surface area contributed by atoms with E-state index in [2.05, 4.69) is 0 Å². The molecule has 0 radical (unpaired) electrons. The van der Waals surface area contributed by atoms with E-state index in [9.17, 15) is 4.79 Å². The van der Waals surface area contributed by atoms with Gasteiger partial charge in [0.15, 0.2) is 0 Å². The molecule has 0 heterocycles. The predicted octanol–water partition coefficient (Wildman–Crippen LogP) is 4.24. The minimum Gasteiger partial charge on any atom is -0.457 e. The van der Waals surface area contributed by atoms with E-state index >= 15 is 0 Å². The van der Waals surface area contributed by atoms with Crippen molar-refractivity contribution in [2.24, 2.45) is 0 Å². The highest BCUT2D eigenvalue weighted by Crippen LogP contribution is 2.29. The number of rotatable bonds is 3. The smallest absolute Gasteiger partial charge is 0.338 e. The zero-order chi connectivity index (χ0) is 14.7. The molecule has 2 rings (SSSR count). The molecule has 0 aliphatic heterocycles. The van der Waals surface area contributed by atoms with Gasteiger partial charge in [0, 0.05) is 0 Å². The molecule has 20 heavy (non-hydrogen) atoms. The summed E-state index contributed by atoms with van der Waals surface area (Å²) >= 11 is 11.7. The number of nitrogens with two attached hydrogens (primary N) is 1. The lowest BCUT2D eigenvalue weighted by molar-refractivity contribution is 0.0472. The van der Waals surface area contributed by atoms with Crippen molar-refractivity contribution < 1.29 is 9.53 Å². The molecular weight excluding hydrogens is 297 g/mol. The van der Waals surface area contributed by atoms with Crippen LogP contribution in [0.3, 0.4) is 0 Å². The van der Waals surface area contributed by atoms with Crippen LogP contribution in [0.15, 0.2) is 36.4 Å². The van der Waals surface area contributed by atoms with Gasteiger partial charge < -0.3 is 10.5 Å². The Balaban J connectivity index is 2.11. The van der Waals surface area contributed by atoms with Gasteiger partial charge in [0.05, 0.1) is 21.3 Å². The maximum Gasteiger partial charge on any atom is 0.338 e. The number of carbonyl (C=O) groups is 1. The molecule has 3 nitrogen and oxygen atoms in total. The van der Waals surface area contributed by atoms with Gasteiger partial charge in [-0.05, 0) is 30.2 Å². The van der Waals surface area contributed by atoms with Crippen molar-refractivity contribution in [2.75, 3.05) is 5.73 Å². The van der Waals surface area contributed by atoms with Gasteiger partial charge >= 0.3 is 5.97 Å². The van der Waals surface area contributed by atoms with Gasteiger partial charge in [0.25, 0.3) is 0 Å². The molecule has 2 N–H and O–H groups in total. The number of nitrogen functional groups attached to an aromatic ring is 1. The lowest BCUT2D eigenvalue weighted by atomic mass is 10.1. The Morgan fingerprint density at radius 2 is 1.95 bits per heavy atom. The van der Waals surface area contributed by atoms with Crippen LogP contribution in [0.5, 0.6) is 0 Å². The minimum absolute atomic E-state index is 0.200. The second kappa shape index (κ2) is 6.16. The highest BCUT2D eigenvalue weighted by atomic mass is 35.5. The van der Waals surface area contributed by atoms with E-state index in [4.69, 9.17) is 33.7 Å². The topological polar surface area (TPSA) is 52.3 Å². The third-order valence-electron chi connectivity index (χ3n) is 2.91. The Kier molecular flexibility index (Phi) is 4.53. The fourth-order valence-electron chi connectivity index (χ4n) is 1.73. The molecule has 0 aromatic heterocycles. The Labute approximate surface area is 127 Å². The van der Waals surface area contributed by atoms with E-state index in [-0.39, 0.29) is 27.9 Å². The highest BCUT2D eigenvalue weighted by Gasteiger charge is 2.13. The minimum atomic E-state index is -0.487. The number of carbonyl (C=O) groups excluding carboxylic acids is 1. The monoisotopic (exact) mass is 309 g/mol. The number of ether oxygens (including phenoxy) is 1. The summed E-state index contributed by atoms with van der Waals surface area (Å²) in [5, 5.41) is 0.469. The SMILES string of the molecule is Cc1ccccc1COC(=O)c1cc(N)c(Cl)c(Cl)c1. The first-order valence-electron chi connectivity index (χ1n) is 5.95. The third kappa shape index (κ3) is 3.24. The molecule has 0 saturated carbocycles. The standard InChI is InChI=1S/C15H13Cl2NO2/c1-9-4-2-3-5-10(9)8-20-15(19)11-6-12(16)14(17)13(18)7-11/h2-7H,8,18H2,1H3. The van der Waals surface area contributed by atoms with Crippen LogP contribution in [0.25, 0.3) is 0 Å². The van der Waals surface area contributed by atoms with Crippen molar-refractivity contribution in [1.29, 1.82) is 0 Å². The van der Waals surface area contributed by atoms with Gasteiger partial charge in [0.1, 0.15) is 6.61 Å². The molecule has 0 fully saturated rings. The Morgan fingerprint density at radius 1 is 1.25 bits per heavy atom. The number of benzene rings is 2. The first kappa shape index (κ1) is 14.7. The van der Waals surface area contributed by atoms with Gasteiger partial charge in [-0.15, -0.1) is 0 Å². The maximum atomic E-state index is 12.0. The van der Waals surface area contributed by atoms with Crippen LogP contribution in [0, 0.1) is 6.92 Å². The van der Waals surface area contributed by atoms with Crippen LogP contribution in [0.2, 0.25) is 10.0 Å². The van der Waals surface area contributed by atoms with E-state index in [1.54, 1.807) is 0 Å². The molecule has 0 aliphatic carbocycles. The summed E-state index contributed by atoms with van der Waals surface area (Å²) in [7, 11) is 0. The Morgan fingerprint density at radius 3 is 2.60 bits per heavy atom. The number of aryl methyl sites for hydroxylation is 1. The third-order valence-corrected chi connectivity index (χ3v) is 3.73. The van der Waals surface area contributed by atoms with Crippen molar-refractivity contribution in [2.45, 2.75) is 13.5 Å². The molecular formula is C15H13Cl2NO2. The summed E-state index contributed by atoms with van der Waals surface area (Å²) in [4.78, 5) is 12.0. The molecule has 2 aromatic carbocycles.